The number of thiophene rings is 1. The predicted octanol–water partition coefficient (Wildman–Crippen LogP) is 3.55. The molecule has 1 aromatic heterocycles. The first kappa shape index (κ1) is 15.3. The van der Waals surface area contributed by atoms with Crippen LogP contribution in [0.15, 0.2) is 36.4 Å². The summed E-state index contributed by atoms with van der Waals surface area (Å²) in [6.07, 6.45) is -0.850. The normalized spacial score (nSPS) is 11.8. The number of esters is 1. The number of nitrogens with one attached hydrogen (secondary N) is 1. The monoisotopic (exact) mass is 303 g/mol. The molecule has 0 fully saturated rings. The summed E-state index contributed by atoms with van der Waals surface area (Å²) < 4.78 is 5.22. The lowest BCUT2D eigenvalue weighted by Crippen LogP contribution is -2.30. The molecule has 1 atom stereocenters. The maximum atomic E-state index is 12.1. The molecule has 21 heavy (non-hydrogen) atoms. The Balaban J connectivity index is 1.97. The van der Waals surface area contributed by atoms with Crippen LogP contribution < -0.4 is 5.32 Å². The second-order valence-corrected chi connectivity index (χ2v) is 6.19. The summed E-state index contributed by atoms with van der Waals surface area (Å²) in [5.41, 5.74) is 1.20. The van der Waals surface area contributed by atoms with E-state index in [-0.39, 0.29) is 5.91 Å². The van der Waals surface area contributed by atoms with Crippen molar-refractivity contribution in [3.8, 4) is 0 Å². The number of ether oxygens (including phenoxy) is 1. The molecule has 0 aliphatic carbocycles. The van der Waals surface area contributed by atoms with Crippen LogP contribution in [0.4, 0.5) is 5.69 Å². The first-order valence-corrected chi connectivity index (χ1v) is 7.43. The Morgan fingerprint density at radius 3 is 2.43 bits per heavy atom. The van der Waals surface area contributed by atoms with E-state index in [0.29, 0.717) is 11.3 Å². The third-order valence-electron chi connectivity index (χ3n) is 2.96. The second kappa shape index (κ2) is 6.54. The number of hydrogen-bond donors (Lipinski definition) is 1. The first-order chi connectivity index (χ1) is 9.97. The van der Waals surface area contributed by atoms with E-state index in [9.17, 15) is 9.59 Å². The Morgan fingerprint density at radius 1 is 1.19 bits per heavy atom. The fraction of sp³-hybridized carbons (Fsp3) is 0.250. The van der Waals surface area contributed by atoms with Gasteiger partial charge in [0.1, 0.15) is 0 Å². The third kappa shape index (κ3) is 3.92. The quantitative estimate of drug-likeness (QED) is 0.879. The van der Waals surface area contributed by atoms with Crippen molar-refractivity contribution in [2.24, 2.45) is 0 Å². The highest BCUT2D eigenvalue weighted by molar-refractivity contribution is 7.12. The van der Waals surface area contributed by atoms with Gasteiger partial charge in [-0.15, -0.1) is 11.3 Å². The fourth-order valence-electron chi connectivity index (χ4n) is 1.88. The van der Waals surface area contributed by atoms with E-state index in [1.807, 2.05) is 32.0 Å². The maximum absolute atomic E-state index is 12.1. The number of rotatable bonds is 4. The average molecular weight is 303 g/mol. The van der Waals surface area contributed by atoms with Gasteiger partial charge in [-0.1, -0.05) is 18.2 Å². The molecule has 0 saturated carbocycles. The van der Waals surface area contributed by atoms with Crippen molar-refractivity contribution in [2.75, 3.05) is 5.32 Å². The number of hydrogen-bond acceptors (Lipinski definition) is 4. The van der Waals surface area contributed by atoms with E-state index < -0.39 is 12.1 Å². The largest absolute Gasteiger partial charge is 0.449 e. The van der Waals surface area contributed by atoms with E-state index in [0.717, 1.165) is 9.75 Å². The topological polar surface area (TPSA) is 55.4 Å². The Bertz CT molecular complexity index is 649. The summed E-state index contributed by atoms with van der Waals surface area (Å²) in [4.78, 5) is 26.0. The average Bonchev–Trinajstić information content (AvgIpc) is 2.78. The highest BCUT2D eigenvalue weighted by atomic mass is 32.1. The molecule has 0 spiro atoms. The summed E-state index contributed by atoms with van der Waals surface area (Å²) >= 11 is 1.53. The number of benzene rings is 1. The molecular weight excluding hydrogens is 286 g/mol. The molecule has 0 bridgehead atoms. The van der Waals surface area contributed by atoms with Crippen LogP contribution >= 0.6 is 11.3 Å². The molecule has 0 saturated heterocycles. The molecule has 110 valence electrons. The van der Waals surface area contributed by atoms with Gasteiger partial charge < -0.3 is 10.1 Å². The Kier molecular flexibility index (Phi) is 4.75. The van der Waals surface area contributed by atoms with Crippen LogP contribution in [0.1, 0.15) is 27.0 Å². The second-order valence-electron chi connectivity index (χ2n) is 4.73. The molecule has 1 heterocycles. The molecule has 1 unspecified atom stereocenters. The van der Waals surface area contributed by atoms with Crippen molar-refractivity contribution in [3.05, 3.63) is 51.7 Å². The van der Waals surface area contributed by atoms with Crippen molar-refractivity contribution in [1.29, 1.82) is 0 Å². The van der Waals surface area contributed by atoms with Gasteiger partial charge in [-0.25, -0.2) is 4.79 Å². The van der Waals surface area contributed by atoms with Crippen molar-refractivity contribution in [2.45, 2.75) is 26.9 Å². The standard InChI is InChI=1S/C16H17NO3S/c1-10-9-14(12(3)21-10)16(19)20-11(2)15(18)17-13-7-5-4-6-8-13/h4-9,11H,1-3H3,(H,17,18). The minimum Gasteiger partial charge on any atom is -0.449 e. The van der Waals surface area contributed by atoms with Crippen LogP contribution in [0.2, 0.25) is 0 Å². The van der Waals surface area contributed by atoms with Gasteiger partial charge in [0.2, 0.25) is 0 Å². The smallest absolute Gasteiger partial charge is 0.340 e. The summed E-state index contributed by atoms with van der Waals surface area (Å²) in [7, 11) is 0. The highest BCUT2D eigenvalue weighted by Gasteiger charge is 2.21. The van der Waals surface area contributed by atoms with Crippen LogP contribution in [0.5, 0.6) is 0 Å². The molecule has 0 aliphatic rings. The molecule has 4 nitrogen and oxygen atoms in total. The van der Waals surface area contributed by atoms with Crippen molar-refractivity contribution in [3.63, 3.8) is 0 Å². The lowest BCUT2D eigenvalue weighted by atomic mass is 10.2. The lowest BCUT2D eigenvalue weighted by Gasteiger charge is -2.13. The molecule has 1 N–H and O–H groups in total. The number of carbonyl (C=O) groups excluding carboxylic acids is 2. The van der Waals surface area contributed by atoms with Gasteiger partial charge in [0.25, 0.3) is 5.91 Å². The summed E-state index contributed by atoms with van der Waals surface area (Å²) in [5.74, 6) is -0.813. The molecular formula is C16H17NO3S. The van der Waals surface area contributed by atoms with Crippen LogP contribution in [0.25, 0.3) is 0 Å². The van der Waals surface area contributed by atoms with Crippen LogP contribution in [0, 0.1) is 13.8 Å². The molecule has 1 amide bonds. The first-order valence-electron chi connectivity index (χ1n) is 6.61. The molecule has 0 radical (unpaired) electrons. The van der Waals surface area contributed by atoms with Crippen molar-refractivity contribution in [1.82, 2.24) is 0 Å². The molecule has 5 heteroatoms. The number of aryl methyl sites for hydroxylation is 2. The van der Waals surface area contributed by atoms with Gasteiger partial charge >= 0.3 is 5.97 Å². The van der Waals surface area contributed by atoms with Gasteiger partial charge in [-0.3, -0.25) is 4.79 Å². The molecule has 0 aliphatic heterocycles. The zero-order valence-electron chi connectivity index (χ0n) is 12.2. The summed E-state index contributed by atoms with van der Waals surface area (Å²) in [5, 5.41) is 2.70. The fourth-order valence-corrected chi connectivity index (χ4v) is 2.79. The number of carbonyl (C=O) groups is 2. The molecule has 2 rings (SSSR count). The van der Waals surface area contributed by atoms with Crippen LogP contribution in [-0.4, -0.2) is 18.0 Å². The SMILES string of the molecule is Cc1cc(C(=O)OC(C)C(=O)Nc2ccccc2)c(C)s1. The highest BCUT2D eigenvalue weighted by Crippen LogP contribution is 2.21. The number of anilines is 1. The van der Waals surface area contributed by atoms with E-state index in [4.69, 9.17) is 4.74 Å². The van der Waals surface area contributed by atoms with E-state index in [2.05, 4.69) is 5.32 Å². The zero-order valence-corrected chi connectivity index (χ0v) is 13.0. The minimum absolute atomic E-state index is 0.348. The Hall–Kier alpha value is -2.14. The predicted molar refractivity (Wildman–Crippen MR) is 83.7 cm³/mol. The van der Waals surface area contributed by atoms with Crippen LogP contribution in [-0.2, 0) is 9.53 Å². The Morgan fingerprint density at radius 2 is 1.86 bits per heavy atom. The molecule has 2 aromatic rings. The summed E-state index contributed by atoms with van der Waals surface area (Å²) in [6.45, 7) is 5.35. The third-order valence-corrected chi connectivity index (χ3v) is 3.92. The van der Waals surface area contributed by atoms with Gasteiger partial charge in [-0.2, -0.15) is 0 Å². The lowest BCUT2D eigenvalue weighted by molar-refractivity contribution is -0.123. The maximum Gasteiger partial charge on any atom is 0.340 e. The van der Waals surface area contributed by atoms with Gasteiger partial charge in [0.05, 0.1) is 5.56 Å². The van der Waals surface area contributed by atoms with E-state index in [1.165, 1.54) is 11.3 Å². The van der Waals surface area contributed by atoms with Crippen LogP contribution in [0.3, 0.4) is 0 Å². The number of para-hydroxylation sites is 1. The van der Waals surface area contributed by atoms with Gasteiger partial charge in [0, 0.05) is 15.4 Å². The van der Waals surface area contributed by atoms with Gasteiger partial charge in [0.15, 0.2) is 6.10 Å². The number of amides is 1. The zero-order chi connectivity index (χ0) is 15.4. The Labute approximate surface area is 127 Å². The van der Waals surface area contributed by atoms with Crippen molar-refractivity contribution >= 4 is 28.9 Å². The van der Waals surface area contributed by atoms with E-state index >= 15 is 0 Å². The molecule has 1 aromatic carbocycles. The van der Waals surface area contributed by atoms with Crippen molar-refractivity contribution < 1.29 is 14.3 Å². The minimum atomic E-state index is -0.850. The van der Waals surface area contributed by atoms with Gasteiger partial charge in [-0.05, 0) is 39.0 Å². The summed E-state index contributed by atoms with van der Waals surface area (Å²) in [6, 6.07) is 10.8. The van der Waals surface area contributed by atoms with E-state index in [1.54, 1.807) is 25.1 Å².